The molecule has 0 bridgehead atoms. The number of nitrogens with zero attached hydrogens (tertiary/aromatic N) is 2. The summed E-state index contributed by atoms with van der Waals surface area (Å²) in [6.07, 6.45) is 5.71. The molecule has 5 nitrogen and oxygen atoms in total. The van der Waals surface area contributed by atoms with Crippen molar-refractivity contribution < 1.29 is 9.26 Å². The number of hydrogen-bond acceptors (Lipinski definition) is 5. The van der Waals surface area contributed by atoms with Crippen LogP contribution in [0.5, 0.6) is 0 Å². The van der Waals surface area contributed by atoms with Crippen LogP contribution in [0.3, 0.4) is 0 Å². The lowest BCUT2D eigenvalue weighted by Gasteiger charge is -2.18. The second-order valence-corrected chi connectivity index (χ2v) is 5.64. The van der Waals surface area contributed by atoms with Crippen LogP contribution in [-0.4, -0.2) is 23.3 Å². The number of aromatic nitrogens is 2. The van der Waals surface area contributed by atoms with Crippen LogP contribution in [0.4, 0.5) is 0 Å². The molecule has 0 spiro atoms. The van der Waals surface area contributed by atoms with Crippen LogP contribution in [0.15, 0.2) is 4.52 Å². The van der Waals surface area contributed by atoms with Gasteiger partial charge in [0.15, 0.2) is 0 Å². The van der Waals surface area contributed by atoms with Gasteiger partial charge in [0.2, 0.25) is 11.7 Å². The molecule has 1 aromatic rings. The first-order valence-corrected chi connectivity index (χ1v) is 6.66. The second-order valence-electron chi connectivity index (χ2n) is 5.64. The maximum Gasteiger partial charge on any atom is 0.228 e. The van der Waals surface area contributed by atoms with Crippen LogP contribution in [0.2, 0.25) is 0 Å². The highest BCUT2D eigenvalue weighted by atomic mass is 16.5. The molecule has 0 amide bonds. The lowest BCUT2D eigenvalue weighted by molar-refractivity contribution is 0.00973. The molecule has 1 saturated carbocycles. The van der Waals surface area contributed by atoms with Crippen molar-refractivity contribution in [3.63, 3.8) is 0 Å². The molecule has 0 saturated heterocycles. The van der Waals surface area contributed by atoms with Crippen molar-refractivity contribution in [2.24, 2.45) is 11.7 Å². The summed E-state index contributed by atoms with van der Waals surface area (Å²) < 4.78 is 10.6. The van der Waals surface area contributed by atoms with Crippen LogP contribution < -0.4 is 5.73 Å². The quantitative estimate of drug-likeness (QED) is 0.868. The Morgan fingerprint density at radius 1 is 1.44 bits per heavy atom. The summed E-state index contributed by atoms with van der Waals surface area (Å²) in [4.78, 5) is 4.38. The van der Waals surface area contributed by atoms with Crippen molar-refractivity contribution in [3.05, 3.63) is 11.7 Å². The Labute approximate surface area is 108 Å². The monoisotopic (exact) mass is 253 g/mol. The van der Waals surface area contributed by atoms with Gasteiger partial charge in [0, 0.05) is 19.6 Å². The summed E-state index contributed by atoms with van der Waals surface area (Å²) in [5.74, 6) is 1.81. The SMILES string of the molecule is COC(C)(C)c1noc(CC(N)C2CCCC2)n1. The molecule has 1 heterocycles. The highest BCUT2D eigenvalue weighted by Gasteiger charge is 2.28. The van der Waals surface area contributed by atoms with E-state index in [0.717, 1.165) is 0 Å². The molecule has 1 unspecified atom stereocenters. The smallest absolute Gasteiger partial charge is 0.228 e. The molecule has 0 aromatic carbocycles. The van der Waals surface area contributed by atoms with Crippen molar-refractivity contribution in [1.29, 1.82) is 0 Å². The molecule has 1 fully saturated rings. The van der Waals surface area contributed by atoms with Gasteiger partial charge >= 0.3 is 0 Å². The Hall–Kier alpha value is -0.940. The topological polar surface area (TPSA) is 74.2 Å². The molecule has 2 rings (SSSR count). The molecular formula is C13H23N3O2. The van der Waals surface area contributed by atoms with Crippen molar-refractivity contribution >= 4 is 0 Å². The average molecular weight is 253 g/mol. The van der Waals surface area contributed by atoms with Crippen molar-refractivity contribution in [1.82, 2.24) is 10.1 Å². The predicted octanol–water partition coefficient (Wildman–Crippen LogP) is 2.01. The third-order valence-electron chi connectivity index (χ3n) is 3.93. The van der Waals surface area contributed by atoms with Gasteiger partial charge < -0.3 is 15.0 Å². The zero-order chi connectivity index (χ0) is 13.2. The summed E-state index contributed by atoms with van der Waals surface area (Å²) in [6, 6.07) is 0.131. The minimum atomic E-state index is -0.515. The fourth-order valence-electron chi connectivity index (χ4n) is 2.43. The Balaban J connectivity index is 1.98. The summed E-state index contributed by atoms with van der Waals surface area (Å²) in [6.45, 7) is 3.83. The zero-order valence-corrected chi connectivity index (χ0v) is 11.5. The number of rotatable bonds is 5. The molecule has 1 aromatic heterocycles. The molecule has 2 N–H and O–H groups in total. The van der Waals surface area contributed by atoms with Gasteiger partial charge in [0.1, 0.15) is 5.60 Å². The third kappa shape index (κ3) is 2.90. The minimum Gasteiger partial charge on any atom is -0.371 e. The van der Waals surface area contributed by atoms with Gasteiger partial charge in [-0.1, -0.05) is 18.0 Å². The number of nitrogens with two attached hydrogens (primary N) is 1. The predicted molar refractivity (Wildman–Crippen MR) is 68.0 cm³/mol. The third-order valence-corrected chi connectivity index (χ3v) is 3.93. The van der Waals surface area contributed by atoms with Crippen molar-refractivity contribution in [2.45, 2.75) is 57.6 Å². The minimum absolute atomic E-state index is 0.131. The Bertz CT molecular complexity index is 383. The van der Waals surface area contributed by atoms with Gasteiger partial charge in [0.05, 0.1) is 0 Å². The van der Waals surface area contributed by atoms with Gasteiger partial charge in [-0.2, -0.15) is 4.98 Å². The van der Waals surface area contributed by atoms with Gasteiger partial charge in [-0.3, -0.25) is 0 Å². The maximum absolute atomic E-state index is 6.20. The van der Waals surface area contributed by atoms with E-state index in [1.165, 1.54) is 25.7 Å². The highest BCUT2D eigenvalue weighted by molar-refractivity contribution is 4.98. The molecule has 1 atom stereocenters. The molecule has 102 valence electrons. The molecule has 0 aliphatic heterocycles. The fourth-order valence-corrected chi connectivity index (χ4v) is 2.43. The molecule has 5 heteroatoms. The number of ether oxygens (including phenoxy) is 1. The number of hydrogen-bond donors (Lipinski definition) is 1. The molecule has 1 aliphatic carbocycles. The summed E-state index contributed by atoms with van der Waals surface area (Å²) in [7, 11) is 1.64. The van der Waals surface area contributed by atoms with Crippen molar-refractivity contribution in [3.8, 4) is 0 Å². The van der Waals surface area contributed by atoms with E-state index in [2.05, 4.69) is 10.1 Å². The molecule has 18 heavy (non-hydrogen) atoms. The van der Waals surface area contributed by atoms with E-state index in [0.29, 0.717) is 24.1 Å². The Morgan fingerprint density at radius 2 is 2.11 bits per heavy atom. The van der Waals surface area contributed by atoms with E-state index < -0.39 is 5.60 Å². The largest absolute Gasteiger partial charge is 0.371 e. The molecule has 1 aliphatic rings. The van der Waals surface area contributed by atoms with Crippen LogP contribution >= 0.6 is 0 Å². The average Bonchev–Trinajstić information content (AvgIpc) is 2.99. The van der Waals surface area contributed by atoms with E-state index >= 15 is 0 Å². The van der Waals surface area contributed by atoms with E-state index in [1.807, 2.05) is 13.8 Å². The van der Waals surface area contributed by atoms with Gasteiger partial charge in [-0.25, -0.2) is 0 Å². The van der Waals surface area contributed by atoms with Crippen LogP contribution in [0, 0.1) is 5.92 Å². The van der Waals surface area contributed by atoms with E-state index in [1.54, 1.807) is 7.11 Å². The van der Waals surface area contributed by atoms with Crippen molar-refractivity contribution in [2.75, 3.05) is 7.11 Å². The Morgan fingerprint density at radius 3 is 2.72 bits per heavy atom. The van der Waals surface area contributed by atoms with Crippen LogP contribution in [-0.2, 0) is 16.8 Å². The van der Waals surface area contributed by atoms with E-state index in [4.69, 9.17) is 15.0 Å². The fraction of sp³-hybridized carbons (Fsp3) is 0.846. The standard InChI is InChI=1S/C13H23N3O2/c1-13(2,17-3)12-15-11(18-16-12)8-10(14)9-6-4-5-7-9/h9-10H,4-8,14H2,1-3H3. The second kappa shape index (κ2) is 5.36. The van der Waals surface area contributed by atoms with Crippen LogP contribution in [0.25, 0.3) is 0 Å². The van der Waals surface area contributed by atoms with Gasteiger partial charge in [0.25, 0.3) is 0 Å². The maximum atomic E-state index is 6.20. The van der Waals surface area contributed by atoms with Gasteiger partial charge in [-0.15, -0.1) is 0 Å². The first kappa shape index (κ1) is 13.5. The first-order chi connectivity index (χ1) is 8.53. The van der Waals surface area contributed by atoms with Crippen LogP contribution in [0.1, 0.15) is 51.2 Å². The number of methoxy groups -OCH3 is 1. The normalized spacial score (nSPS) is 19.3. The highest BCUT2D eigenvalue weighted by Crippen LogP contribution is 2.28. The summed E-state index contributed by atoms with van der Waals surface area (Å²) in [5, 5.41) is 3.97. The molecule has 0 radical (unpaired) electrons. The van der Waals surface area contributed by atoms with E-state index in [-0.39, 0.29) is 6.04 Å². The lowest BCUT2D eigenvalue weighted by atomic mass is 9.96. The summed E-state index contributed by atoms with van der Waals surface area (Å²) >= 11 is 0. The van der Waals surface area contributed by atoms with Gasteiger partial charge in [-0.05, 0) is 32.6 Å². The molecular weight excluding hydrogens is 230 g/mol. The van der Waals surface area contributed by atoms with E-state index in [9.17, 15) is 0 Å². The zero-order valence-electron chi connectivity index (χ0n) is 11.5. The summed E-state index contributed by atoms with van der Waals surface area (Å²) in [5.41, 5.74) is 5.69. The lowest BCUT2D eigenvalue weighted by Crippen LogP contribution is -2.30. The first-order valence-electron chi connectivity index (χ1n) is 6.66. The Kier molecular flexibility index (Phi) is 4.02.